The molecule has 1 saturated heterocycles. The summed E-state index contributed by atoms with van der Waals surface area (Å²) in [6, 6.07) is 34.9. The van der Waals surface area contributed by atoms with E-state index in [4.69, 9.17) is 9.47 Å². The van der Waals surface area contributed by atoms with Gasteiger partial charge in [-0.2, -0.15) is 0 Å². The number of nitrogens with zero attached hydrogens (tertiary/aromatic N) is 1. The Hall–Kier alpha value is -3.80. The van der Waals surface area contributed by atoms with Gasteiger partial charge in [0.05, 0.1) is 20.6 Å². The van der Waals surface area contributed by atoms with Crippen LogP contribution in [0.3, 0.4) is 0 Å². The van der Waals surface area contributed by atoms with Crippen LogP contribution in [0.2, 0.25) is 0 Å². The number of carbonyl (C=O) groups excluding carboxylic acids is 1. The van der Waals surface area contributed by atoms with Crippen molar-refractivity contribution in [3.05, 3.63) is 130 Å². The summed E-state index contributed by atoms with van der Waals surface area (Å²) in [5.41, 5.74) is 7.91. The first-order chi connectivity index (χ1) is 23.9. The topological polar surface area (TPSA) is 50.8 Å². The van der Waals surface area contributed by atoms with Crippen molar-refractivity contribution in [3.63, 3.8) is 0 Å². The highest BCUT2D eigenvalue weighted by molar-refractivity contribution is 5.85. The van der Waals surface area contributed by atoms with Gasteiger partial charge in [0.1, 0.15) is 0 Å². The Kier molecular flexibility index (Phi) is 13.0. The summed E-state index contributed by atoms with van der Waals surface area (Å²) in [7, 11) is 3.46. The molecular weight excluding hydrogens is 640 g/mol. The highest BCUT2D eigenvalue weighted by Gasteiger charge is 2.42. The number of likely N-dealkylation sites (tertiary alicyclic amines) is 1. The standard InChI is InChI=1S/C44H54N2O3.ClH/c1-34-18-20-35(21-19-34)30-42(47)45-27-12-24-44(38-14-6-4-7-15-38,39-16-8-5-9-17-39)25-13-29-46-28-11-10-23-43(46)26-22-36-31-40(48-2)41(49-3)32-37(36)33-43;/h4-9,14-21,31-32H,10-13,22-30,33H2,1-3H3,(H,45,47);1H. The maximum Gasteiger partial charge on any atom is 0.224 e. The van der Waals surface area contributed by atoms with E-state index in [1.54, 1.807) is 14.2 Å². The molecule has 1 fully saturated rings. The number of ether oxygens (including phenoxy) is 2. The molecule has 0 aromatic heterocycles. The number of benzene rings is 4. The molecule has 266 valence electrons. The number of hydrogen-bond acceptors (Lipinski definition) is 4. The number of hydrogen-bond donors (Lipinski definition) is 1. The van der Waals surface area contributed by atoms with Gasteiger partial charge in [-0.15, -0.1) is 12.4 Å². The van der Waals surface area contributed by atoms with Crippen molar-refractivity contribution in [3.8, 4) is 11.5 Å². The summed E-state index contributed by atoms with van der Waals surface area (Å²) < 4.78 is 11.3. The quantitative estimate of drug-likeness (QED) is 0.134. The molecule has 0 bridgehead atoms. The second-order valence-corrected chi connectivity index (χ2v) is 14.4. The molecule has 4 aromatic carbocycles. The molecule has 50 heavy (non-hydrogen) atoms. The summed E-state index contributed by atoms with van der Waals surface area (Å²) in [4.78, 5) is 15.7. The van der Waals surface area contributed by atoms with Gasteiger partial charge in [0, 0.05) is 17.5 Å². The lowest BCUT2D eigenvalue weighted by Crippen LogP contribution is -2.55. The summed E-state index contributed by atoms with van der Waals surface area (Å²) in [5.74, 6) is 1.76. The van der Waals surface area contributed by atoms with Gasteiger partial charge in [0.2, 0.25) is 5.91 Å². The van der Waals surface area contributed by atoms with Crippen molar-refractivity contribution >= 4 is 18.3 Å². The van der Waals surface area contributed by atoms with Crippen LogP contribution in [0.25, 0.3) is 0 Å². The van der Waals surface area contributed by atoms with E-state index in [0.717, 1.165) is 62.1 Å². The van der Waals surface area contributed by atoms with Gasteiger partial charge < -0.3 is 14.8 Å². The molecule has 6 heteroatoms. The smallest absolute Gasteiger partial charge is 0.224 e. The summed E-state index contributed by atoms with van der Waals surface area (Å²) in [6.07, 6.45) is 11.7. The van der Waals surface area contributed by atoms with Crippen LogP contribution in [0.4, 0.5) is 0 Å². The second kappa shape index (κ2) is 17.4. The van der Waals surface area contributed by atoms with Crippen molar-refractivity contribution < 1.29 is 14.3 Å². The summed E-state index contributed by atoms with van der Waals surface area (Å²) >= 11 is 0. The lowest BCUT2D eigenvalue weighted by atomic mass is 9.68. The van der Waals surface area contributed by atoms with Crippen LogP contribution in [0.1, 0.15) is 84.7 Å². The van der Waals surface area contributed by atoms with Crippen LogP contribution in [0, 0.1) is 6.92 Å². The van der Waals surface area contributed by atoms with Gasteiger partial charge in [0.25, 0.3) is 0 Å². The van der Waals surface area contributed by atoms with Gasteiger partial charge >= 0.3 is 0 Å². The highest BCUT2D eigenvalue weighted by Crippen LogP contribution is 2.45. The number of halogens is 1. The zero-order chi connectivity index (χ0) is 34.1. The fourth-order valence-electron chi connectivity index (χ4n) is 8.68. The molecule has 1 aliphatic heterocycles. The third-order valence-corrected chi connectivity index (χ3v) is 11.3. The zero-order valence-corrected chi connectivity index (χ0v) is 31.0. The monoisotopic (exact) mass is 694 g/mol. The molecule has 2 aliphatic rings. The molecule has 0 radical (unpaired) electrons. The van der Waals surface area contributed by atoms with Crippen molar-refractivity contribution in [2.75, 3.05) is 33.9 Å². The minimum atomic E-state index is -0.129. The first kappa shape index (κ1) is 37.5. The van der Waals surface area contributed by atoms with E-state index in [1.807, 2.05) is 0 Å². The van der Waals surface area contributed by atoms with Gasteiger partial charge in [-0.3, -0.25) is 9.69 Å². The average Bonchev–Trinajstić information content (AvgIpc) is 3.14. The maximum atomic E-state index is 12.9. The van der Waals surface area contributed by atoms with Crippen LogP contribution in [0.15, 0.2) is 97.1 Å². The Morgan fingerprint density at radius 3 is 2.06 bits per heavy atom. The fraction of sp³-hybridized carbons (Fsp3) is 0.432. The van der Waals surface area contributed by atoms with Crippen LogP contribution < -0.4 is 14.8 Å². The summed E-state index contributed by atoms with van der Waals surface area (Å²) in [6.45, 7) is 5.01. The van der Waals surface area contributed by atoms with Gasteiger partial charge in [-0.05, 0) is 118 Å². The first-order valence-electron chi connectivity index (χ1n) is 18.4. The molecule has 1 aliphatic carbocycles. The number of carbonyl (C=O) groups is 1. The first-order valence-corrected chi connectivity index (χ1v) is 18.4. The van der Waals surface area contributed by atoms with E-state index < -0.39 is 0 Å². The molecule has 1 unspecified atom stereocenters. The minimum absolute atomic E-state index is 0. The molecule has 6 rings (SSSR count). The lowest BCUT2D eigenvalue weighted by molar-refractivity contribution is -0.120. The highest BCUT2D eigenvalue weighted by atomic mass is 35.5. The van der Waals surface area contributed by atoms with Crippen LogP contribution in [-0.2, 0) is 29.5 Å². The number of nitrogens with one attached hydrogen (secondary N) is 1. The van der Waals surface area contributed by atoms with E-state index in [1.165, 1.54) is 60.0 Å². The molecule has 1 spiro atoms. The average molecular weight is 695 g/mol. The lowest BCUT2D eigenvalue weighted by Gasteiger charge is -2.50. The number of piperidine rings is 1. The van der Waals surface area contributed by atoms with E-state index in [9.17, 15) is 4.79 Å². The molecule has 5 nitrogen and oxygen atoms in total. The van der Waals surface area contributed by atoms with Crippen molar-refractivity contribution in [2.45, 2.75) is 88.5 Å². The third-order valence-electron chi connectivity index (χ3n) is 11.3. The van der Waals surface area contributed by atoms with E-state index in [2.05, 4.69) is 114 Å². The van der Waals surface area contributed by atoms with Crippen molar-refractivity contribution in [1.82, 2.24) is 10.2 Å². The largest absolute Gasteiger partial charge is 0.493 e. The molecule has 1 N–H and O–H groups in total. The second-order valence-electron chi connectivity index (χ2n) is 14.4. The van der Waals surface area contributed by atoms with Gasteiger partial charge in [0.15, 0.2) is 11.5 Å². The number of amides is 1. The van der Waals surface area contributed by atoms with Crippen LogP contribution in [0.5, 0.6) is 11.5 Å². The predicted molar refractivity (Wildman–Crippen MR) is 207 cm³/mol. The molecule has 1 heterocycles. The third kappa shape index (κ3) is 8.55. The zero-order valence-electron chi connectivity index (χ0n) is 30.2. The molecule has 0 saturated carbocycles. The fourth-order valence-corrected chi connectivity index (χ4v) is 8.68. The molecule has 1 atom stereocenters. The Bertz CT molecular complexity index is 1620. The normalized spacial score (nSPS) is 17.4. The Morgan fingerprint density at radius 1 is 0.800 bits per heavy atom. The van der Waals surface area contributed by atoms with E-state index >= 15 is 0 Å². The van der Waals surface area contributed by atoms with E-state index in [0.29, 0.717) is 13.0 Å². The Balaban J connectivity index is 0.00000486. The van der Waals surface area contributed by atoms with Gasteiger partial charge in [-0.1, -0.05) is 96.9 Å². The maximum absolute atomic E-state index is 12.9. The number of aryl methyl sites for hydroxylation is 2. The number of methoxy groups -OCH3 is 2. The van der Waals surface area contributed by atoms with Crippen LogP contribution in [-0.4, -0.2) is 50.2 Å². The Morgan fingerprint density at radius 2 is 1.42 bits per heavy atom. The van der Waals surface area contributed by atoms with Crippen molar-refractivity contribution in [1.29, 1.82) is 0 Å². The van der Waals surface area contributed by atoms with Crippen LogP contribution >= 0.6 is 12.4 Å². The van der Waals surface area contributed by atoms with E-state index in [-0.39, 0.29) is 29.3 Å². The molecule has 1 amide bonds. The SMILES string of the molecule is COc1cc2c(cc1OC)CC1(CCCCN1CCCC(CCCNC(=O)Cc1ccc(C)cc1)(c1ccccc1)c1ccccc1)CC2.Cl. The minimum Gasteiger partial charge on any atom is -0.493 e. The summed E-state index contributed by atoms with van der Waals surface area (Å²) in [5, 5.41) is 3.23. The predicted octanol–water partition coefficient (Wildman–Crippen LogP) is 9.05. The van der Waals surface area contributed by atoms with Gasteiger partial charge in [-0.25, -0.2) is 0 Å². The molecular formula is C44H55ClN2O3. The number of fused-ring (bicyclic) bond motifs is 1. The number of rotatable bonds is 14. The molecule has 4 aromatic rings. The van der Waals surface area contributed by atoms with Crippen molar-refractivity contribution in [2.24, 2.45) is 0 Å². The Labute approximate surface area is 306 Å².